The van der Waals surface area contributed by atoms with Gasteiger partial charge in [0.15, 0.2) is 0 Å². The second kappa shape index (κ2) is 7.66. The fourth-order valence-corrected chi connectivity index (χ4v) is 1.98. The van der Waals surface area contributed by atoms with Gasteiger partial charge in [-0.1, -0.05) is 30.3 Å². The molecule has 0 spiro atoms. The summed E-state index contributed by atoms with van der Waals surface area (Å²) >= 11 is 0. The van der Waals surface area contributed by atoms with E-state index in [9.17, 15) is 18.7 Å². The Balaban J connectivity index is 2.26. The van der Waals surface area contributed by atoms with Crippen molar-refractivity contribution in [1.29, 1.82) is 0 Å². The lowest BCUT2D eigenvalue weighted by Gasteiger charge is -2.14. The second-order valence-corrected chi connectivity index (χ2v) is 4.85. The zero-order chi connectivity index (χ0) is 16.8. The van der Waals surface area contributed by atoms with Gasteiger partial charge in [0.1, 0.15) is 11.6 Å². The molecule has 0 aromatic heterocycles. The third-order valence-corrected chi connectivity index (χ3v) is 3.09. The molecule has 4 N–H and O–H groups in total. The van der Waals surface area contributed by atoms with Crippen LogP contribution in [-0.2, 0) is 0 Å². The molecule has 0 bridgehead atoms. The number of carbonyl (C=O) groups excluding carboxylic acids is 1. The van der Waals surface area contributed by atoms with Crippen LogP contribution in [0.2, 0.25) is 0 Å². The fourth-order valence-electron chi connectivity index (χ4n) is 1.98. The standard InChI is InChI=1S/C16H16F2N2O3/c17-11-6-13(10-4-2-1-3-5-10)15(14(18)7-11)20-16(23)19-8-12(22)9-21/h1-7,12,21-22H,8-9H2,(H2,19,20,23). The number of hydrogen-bond donors (Lipinski definition) is 4. The third-order valence-electron chi connectivity index (χ3n) is 3.09. The number of nitrogens with one attached hydrogen (secondary N) is 2. The summed E-state index contributed by atoms with van der Waals surface area (Å²) in [4.78, 5) is 11.8. The van der Waals surface area contributed by atoms with Gasteiger partial charge in [0.25, 0.3) is 0 Å². The van der Waals surface area contributed by atoms with Gasteiger partial charge >= 0.3 is 6.03 Å². The normalized spacial score (nSPS) is 11.8. The summed E-state index contributed by atoms with van der Waals surface area (Å²) in [5, 5.41) is 22.4. The van der Waals surface area contributed by atoms with Gasteiger partial charge in [-0.2, -0.15) is 0 Å². The second-order valence-electron chi connectivity index (χ2n) is 4.85. The number of amides is 2. The van der Waals surface area contributed by atoms with Crippen LogP contribution in [0.5, 0.6) is 0 Å². The highest BCUT2D eigenvalue weighted by atomic mass is 19.1. The van der Waals surface area contributed by atoms with Gasteiger partial charge in [-0.05, 0) is 11.6 Å². The molecule has 0 radical (unpaired) electrons. The Hall–Kier alpha value is -2.51. The van der Waals surface area contributed by atoms with Crippen LogP contribution in [0, 0.1) is 11.6 Å². The predicted octanol–water partition coefficient (Wildman–Crippen LogP) is 2.11. The van der Waals surface area contributed by atoms with Crippen molar-refractivity contribution in [2.24, 2.45) is 0 Å². The first-order chi connectivity index (χ1) is 11.0. The Morgan fingerprint density at radius 3 is 2.52 bits per heavy atom. The molecule has 2 aromatic rings. The van der Waals surface area contributed by atoms with Crippen molar-refractivity contribution in [2.45, 2.75) is 6.10 Å². The average molecular weight is 322 g/mol. The van der Waals surface area contributed by atoms with Crippen LogP contribution in [0.25, 0.3) is 11.1 Å². The molecule has 0 saturated carbocycles. The Labute approximate surface area is 131 Å². The van der Waals surface area contributed by atoms with Gasteiger partial charge in [0, 0.05) is 18.2 Å². The summed E-state index contributed by atoms with van der Waals surface area (Å²) in [7, 11) is 0. The maximum atomic E-state index is 14.1. The molecule has 0 heterocycles. The van der Waals surface area contributed by atoms with E-state index < -0.39 is 30.4 Å². The van der Waals surface area contributed by atoms with Crippen molar-refractivity contribution in [2.75, 3.05) is 18.5 Å². The van der Waals surface area contributed by atoms with Crippen molar-refractivity contribution in [3.05, 3.63) is 54.1 Å². The van der Waals surface area contributed by atoms with Crippen LogP contribution in [0.3, 0.4) is 0 Å². The lowest BCUT2D eigenvalue weighted by Crippen LogP contribution is -2.36. The van der Waals surface area contributed by atoms with E-state index in [1.165, 1.54) is 0 Å². The van der Waals surface area contributed by atoms with Gasteiger partial charge < -0.3 is 20.8 Å². The molecule has 0 aliphatic carbocycles. The minimum Gasteiger partial charge on any atom is -0.394 e. The highest BCUT2D eigenvalue weighted by Crippen LogP contribution is 2.31. The van der Waals surface area contributed by atoms with Gasteiger partial charge in [-0.25, -0.2) is 13.6 Å². The summed E-state index contributed by atoms with van der Waals surface area (Å²) in [6.45, 7) is -0.716. The van der Waals surface area contributed by atoms with E-state index >= 15 is 0 Å². The van der Waals surface area contributed by atoms with E-state index in [2.05, 4.69) is 10.6 Å². The van der Waals surface area contributed by atoms with E-state index in [4.69, 9.17) is 5.11 Å². The quantitative estimate of drug-likeness (QED) is 0.680. The van der Waals surface area contributed by atoms with Crippen molar-refractivity contribution in [1.82, 2.24) is 5.32 Å². The minimum atomic E-state index is -1.12. The lowest BCUT2D eigenvalue weighted by atomic mass is 10.0. The van der Waals surface area contributed by atoms with Gasteiger partial charge in [-0.15, -0.1) is 0 Å². The van der Waals surface area contributed by atoms with E-state index in [0.29, 0.717) is 11.6 Å². The molecule has 0 saturated heterocycles. The van der Waals surface area contributed by atoms with Crippen LogP contribution < -0.4 is 10.6 Å². The molecule has 23 heavy (non-hydrogen) atoms. The molecule has 0 aliphatic rings. The Bertz CT molecular complexity index is 681. The van der Waals surface area contributed by atoms with Crippen LogP contribution in [0.15, 0.2) is 42.5 Å². The number of urea groups is 1. The van der Waals surface area contributed by atoms with Crippen LogP contribution in [0.4, 0.5) is 19.3 Å². The van der Waals surface area contributed by atoms with Gasteiger partial charge in [-0.3, -0.25) is 0 Å². The number of halogens is 2. The van der Waals surface area contributed by atoms with Crippen molar-refractivity contribution in [3.8, 4) is 11.1 Å². The van der Waals surface area contributed by atoms with Gasteiger partial charge in [0.05, 0.1) is 18.4 Å². The third kappa shape index (κ3) is 4.48. The molecule has 2 aromatic carbocycles. The fraction of sp³-hybridized carbons (Fsp3) is 0.188. The Morgan fingerprint density at radius 2 is 1.87 bits per heavy atom. The zero-order valence-corrected chi connectivity index (χ0v) is 12.1. The van der Waals surface area contributed by atoms with Crippen LogP contribution in [0.1, 0.15) is 0 Å². The minimum absolute atomic E-state index is 0.173. The Kier molecular flexibility index (Phi) is 5.61. The Morgan fingerprint density at radius 1 is 1.17 bits per heavy atom. The predicted molar refractivity (Wildman–Crippen MR) is 81.9 cm³/mol. The van der Waals surface area contributed by atoms with E-state index in [0.717, 1.165) is 6.07 Å². The SMILES string of the molecule is O=C(NCC(O)CO)Nc1c(F)cc(F)cc1-c1ccccc1. The number of hydrogen-bond acceptors (Lipinski definition) is 3. The number of benzene rings is 2. The highest BCUT2D eigenvalue weighted by Gasteiger charge is 2.16. The number of rotatable bonds is 5. The van der Waals surface area contributed by atoms with Crippen molar-refractivity contribution >= 4 is 11.7 Å². The zero-order valence-electron chi connectivity index (χ0n) is 12.1. The maximum Gasteiger partial charge on any atom is 0.319 e. The van der Waals surface area contributed by atoms with E-state index in [-0.39, 0.29) is 17.8 Å². The largest absolute Gasteiger partial charge is 0.394 e. The van der Waals surface area contributed by atoms with E-state index in [1.54, 1.807) is 30.3 Å². The maximum absolute atomic E-state index is 14.1. The molecule has 2 rings (SSSR count). The molecule has 0 fully saturated rings. The molecule has 1 unspecified atom stereocenters. The molecular weight excluding hydrogens is 306 g/mol. The summed E-state index contributed by atoms with van der Waals surface area (Å²) < 4.78 is 27.6. The van der Waals surface area contributed by atoms with Crippen molar-refractivity contribution in [3.63, 3.8) is 0 Å². The van der Waals surface area contributed by atoms with E-state index in [1.807, 2.05) is 0 Å². The van der Waals surface area contributed by atoms with Crippen molar-refractivity contribution < 1.29 is 23.8 Å². The molecule has 7 heteroatoms. The molecule has 1 atom stereocenters. The number of aliphatic hydroxyl groups excluding tert-OH is 2. The summed E-state index contributed by atoms with van der Waals surface area (Å²) in [5.41, 5.74) is 0.561. The van der Waals surface area contributed by atoms with Crippen LogP contribution in [-0.4, -0.2) is 35.5 Å². The molecule has 0 aliphatic heterocycles. The first kappa shape index (κ1) is 16.9. The number of aliphatic hydroxyl groups is 2. The summed E-state index contributed by atoms with van der Waals surface area (Å²) in [6.07, 6.45) is -1.12. The summed E-state index contributed by atoms with van der Waals surface area (Å²) in [6, 6.07) is 9.51. The topological polar surface area (TPSA) is 81.6 Å². The molecular formula is C16H16F2N2O3. The van der Waals surface area contributed by atoms with Gasteiger partial charge in [0.2, 0.25) is 0 Å². The smallest absolute Gasteiger partial charge is 0.319 e. The first-order valence-corrected chi connectivity index (χ1v) is 6.89. The summed E-state index contributed by atoms with van der Waals surface area (Å²) in [5.74, 6) is -1.68. The average Bonchev–Trinajstić information content (AvgIpc) is 2.55. The molecule has 5 nitrogen and oxygen atoms in total. The number of anilines is 1. The molecule has 2 amide bonds. The monoisotopic (exact) mass is 322 g/mol. The lowest BCUT2D eigenvalue weighted by molar-refractivity contribution is 0.0965. The highest BCUT2D eigenvalue weighted by molar-refractivity contribution is 5.94. The molecule has 122 valence electrons. The number of carbonyl (C=O) groups is 1. The van der Waals surface area contributed by atoms with Crippen LogP contribution >= 0.6 is 0 Å². The first-order valence-electron chi connectivity index (χ1n) is 6.89.